The van der Waals surface area contributed by atoms with Crippen LogP contribution in [-0.2, 0) is 4.74 Å². The molecule has 3 aliphatic heterocycles. The Morgan fingerprint density at radius 1 is 1.36 bits per heavy atom. The number of pyridine rings is 1. The Morgan fingerprint density at radius 2 is 2.21 bits per heavy atom. The average Bonchev–Trinajstić information content (AvgIpc) is 3.31. The van der Waals surface area contributed by atoms with Crippen LogP contribution in [0.5, 0.6) is 6.01 Å². The summed E-state index contributed by atoms with van der Waals surface area (Å²) < 4.78 is 54.8. The summed E-state index contributed by atoms with van der Waals surface area (Å²) in [5, 5.41) is -0.0956. The standard InChI is InChI=1S/C22H25ClF3N5O2/c1-13-11-32-6-5-31(19(13)26)20-15-9-27-18(23)16(25)17(15)28-21(29-20)33-12-22-3-2-4-30(22)10-14(7-22)8-24/h8-9,13,19H,2-7,10-12H2,1H3/b14-8-/t13?,19-,22+/m1/s1. The number of alkyl halides is 1. The molecule has 3 aliphatic rings. The van der Waals surface area contributed by atoms with E-state index in [0.29, 0.717) is 25.9 Å². The van der Waals surface area contributed by atoms with Crippen LogP contribution in [0.4, 0.5) is 19.0 Å². The minimum absolute atomic E-state index is 0.0809. The second-order valence-electron chi connectivity index (χ2n) is 9.06. The first kappa shape index (κ1) is 22.6. The molecule has 11 heteroatoms. The van der Waals surface area contributed by atoms with Gasteiger partial charge in [0.15, 0.2) is 17.3 Å². The third-order valence-corrected chi connectivity index (χ3v) is 7.08. The van der Waals surface area contributed by atoms with Crippen LogP contribution in [-0.4, -0.2) is 71.1 Å². The first-order chi connectivity index (χ1) is 15.9. The lowest BCUT2D eigenvalue weighted by atomic mass is 9.94. The molecule has 0 N–H and O–H groups in total. The maximum atomic E-state index is 15.3. The van der Waals surface area contributed by atoms with Crippen LogP contribution in [0.2, 0.25) is 5.15 Å². The average molecular weight is 484 g/mol. The molecule has 3 fully saturated rings. The molecule has 0 bridgehead atoms. The molecule has 0 aliphatic carbocycles. The summed E-state index contributed by atoms with van der Waals surface area (Å²) in [6.45, 7) is 4.17. The van der Waals surface area contributed by atoms with E-state index in [0.717, 1.165) is 25.0 Å². The summed E-state index contributed by atoms with van der Waals surface area (Å²) >= 11 is 5.90. The molecule has 178 valence electrons. The van der Waals surface area contributed by atoms with E-state index in [2.05, 4.69) is 19.9 Å². The molecule has 2 aromatic rings. The quantitative estimate of drug-likeness (QED) is 0.480. The third-order valence-electron chi connectivity index (χ3n) is 6.81. The van der Waals surface area contributed by atoms with Gasteiger partial charge in [0.1, 0.15) is 17.9 Å². The topological polar surface area (TPSA) is 63.6 Å². The van der Waals surface area contributed by atoms with Gasteiger partial charge in [-0.1, -0.05) is 18.5 Å². The van der Waals surface area contributed by atoms with E-state index < -0.39 is 18.0 Å². The van der Waals surface area contributed by atoms with E-state index in [1.54, 1.807) is 6.92 Å². The lowest BCUT2D eigenvalue weighted by Crippen LogP contribution is -2.43. The second kappa shape index (κ2) is 8.88. The Kier molecular flexibility index (Phi) is 6.09. The number of anilines is 1. The van der Waals surface area contributed by atoms with E-state index >= 15 is 4.39 Å². The lowest BCUT2D eigenvalue weighted by molar-refractivity contribution is 0.105. The molecular formula is C22H25ClF3N5O2. The maximum Gasteiger partial charge on any atom is 0.319 e. The molecule has 3 atom stereocenters. The van der Waals surface area contributed by atoms with E-state index in [1.165, 1.54) is 11.1 Å². The molecule has 0 saturated carbocycles. The number of hydrogen-bond donors (Lipinski definition) is 0. The van der Waals surface area contributed by atoms with Gasteiger partial charge in [0, 0.05) is 25.2 Å². The predicted octanol–water partition coefficient (Wildman–Crippen LogP) is 4.06. The van der Waals surface area contributed by atoms with Crippen LogP contribution in [0.25, 0.3) is 10.9 Å². The zero-order chi connectivity index (χ0) is 23.2. The molecular weight excluding hydrogens is 459 g/mol. The molecule has 5 heterocycles. The Labute approximate surface area is 194 Å². The van der Waals surface area contributed by atoms with E-state index in [-0.39, 0.29) is 53.2 Å². The highest BCUT2D eigenvalue weighted by molar-refractivity contribution is 6.30. The van der Waals surface area contributed by atoms with Crippen molar-refractivity contribution in [3.05, 3.63) is 29.1 Å². The Bertz CT molecular complexity index is 1090. The van der Waals surface area contributed by atoms with Crippen LogP contribution in [0.15, 0.2) is 18.1 Å². The molecule has 0 radical (unpaired) electrons. The SMILES string of the molecule is CC1COCCN(c2nc(OC[C@@]34CCCN3C/C(=C\F)C4)nc3c(F)c(Cl)ncc23)[C@H]1F. The van der Waals surface area contributed by atoms with Crippen molar-refractivity contribution in [3.8, 4) is 6.01 Å². The number of hydrogen-bond acceptors (Lipinski definition) is 7. The fourth-order valence-electron chi connectivity index (χ4n) is 5.10. The van der Waals surface area contributed by atoms with Gasteiger partial charge in [0.05, 0.1) is 30.5 Å². The number of rotatable bonds is 4. The Hall–Kier alpha value is -2.17. The highest BCUT2D eigenvalue weighted by Crippen LogP contribution is 2.42. The van der Waals surface area contributed by atoms with Gasteiger partial charge in [-0.15, -0.1) is 0 Å². The summed E-state index contributed by atoms with van der Waals surface area (Å²) in [4.78, 5) is 16.2. The van der Waals surface area contributed by atoms with Crippen molar-refractivity contribution >= 4 is 28.3 Å². The van der Waals surface area contributed by atoms with Crippen LogP contribution >= 0.6 is 11.6 Å². The van der Waals surface area contributed by atoms with Gasteiger partial charge < -0.3 is 14.4 Å². The van der Waals surface area contributed by atoms with Crippen molar-refractivity contribution in [2.24, 2.45) is 5.92 Å². The van der Waals surface area contributed by atoms with Gasteiger partial charge in [-0.2, -0.15) is 9.97 Å². The third kappa shape index (κ3) is 4.02. The molecule has 3 saturated heterocycles. The molecule has 2 aromatic heterocycles. The maximum absolute atomic E-state index is 15.3. The number of fused-ring (bicyclic) bond motifs is 2. The Balaban J connectivity index is 1.52. The van der Waals surface area contributed by atoms with Gasteiger partial charge in [0.25, 0.3) is 0 Å². The second-order valence-corrected chi connectivity index (χ2v) is 9.41. The fourth-order valence-corrected chi connectivity index (χ4v) is 5.24. The molecule has 1 unspecified atom stereocenters. The molecule has 7 nitrogen and oxygen atoms in total. The van der Waals surface area contributed by atoms with Crippen LogP contribution in [0, 0.1) is 11.7 Å². The molecule has 5 rings (SSSR count). The van der Waals surface area contributed by atoms with E-state index in [4.69, 9.17) is 21.1 Å². The predicted molar refractivity (Wildman–Crippen MR) is 117 cm³/mol. The molecule has 0 aromatic carbocycles. The number of aromatic nitrogens is 3. The number of halogens is 4. The van der Waals surface area contributed by atoms with Gasteiger partial charge >= 0.3 is 6.01 Å². The van der Waals surface area contributed by atoms with Crippen molar-refractivity contribution in [2.75, 3.05) is 44.4 Å². The zero-order valence-electron chi connectivity index (χ0n) is 18.2. The first-order valence-corrected chi connectivity index (χ1v) is 11.5. The van der Waals surface area contributed by atoms with Crippen molar-refractivity contribution in [1.82, 2.24) is 19.9 Å². The lowest BCUT2D eigenvalue weighted by Gasteiger charge is -2.31. The minimum Gasteiger partial charge on any atom is -0.461 e. The van der Waals surface area contributed by atoms with Crippen LogP contribution in [0.1, 0.15) is 26.2 Å². The smallest absolute Gasteiger partial charge is 0.319 e. The molecule has 33 heavy (non-hydrogen) atoms. The van der Waals surface area contributed by atoms with Crippen LogP contribution < -0.4 is 9.64 Å². The van der Waals surface area contributed by atoms with Gasteiger partial charge in [-0.05, 0) is 31.4 Å². The van der Waals surface area contributed by atoms with Gasteiger partial charge in [-0.25, -0.2) is 18.2 Å². The van der Waals surface area contributed by atoms with Crippen molar-refractivity contribution < 1.29 is 22.6 Å². The van der Waals surface area contributed by atoms with Gasteiger partial charge in [-0.3, -0.25) is 4.90 Å². The summed E-state index contributed by atoms with van der Waals surface area (Å²) in [6, 6.07) is -0.0809. The molecule has 0 spiro atoms. The summed E-state index contributed by atoms with van der Waals surface area (Å²) in [5.74, 6) is -1.05. The Morgan fingerprint density at radius 3 is 3.03 bits per heavy atom. The first-order valence-electron chi connectivity index (χ1n) is 11.1. The van der Waals surface area contributed by atoms with E-state index in [1.807, 2.05) is 0 Å². The van der Waals surface area contributed by atoms with Crippen molar-refractivity contribution in [3.63, 3.8) is 0 Å². The highest BCUT2D eigenvalue weighted by Gasteiger charge is 2.47. The number of ether oxygens (including phenoxy) is 2. The normalized spacial score (nSPS) is 29.6. The summed E-state index contributed by atoms with van der Waals surface area (Å²) in [5.41, 5.74) is 0.288. The highest BCUT2D eigenvalue weighted by atomic mass is 35.5. The number of nitrogens with zero attached hydrogens (tertiary/aromatic N) is 5. The largest absolute Gasteiger partial charge is 0.461 e. The van der Waals surface area contributed by atoms with Crippen molar-refractivity contribution in [2.45, 2.75) is 38.0 Å². The molecule has 0 amide bonds. The fraction of sp³-hybridized carbons (Fsp3) is 0.591. The van der Waals surface area contributed by atoms with Gasteiger partial charge in [0.2, 0.25) is 0 Å². The minimum atomic E-state index is -1.40. The van der Waals surface area contributed by atoms with E-state index in [9.17, 15) is 8.78 Å². The summed E-state index contributed by atoms with van der Waals surface area (Å²) in [7, 11) is 0. The monoisotopic (exact) mass is 483 g/mol. The summed E-state index contributed by atoms with van der Waals surface area (Å²) in [6.07, 6.45) is 3.00. The zero-order valence-corrected chi connectivity index (χ0v) is 19.0. The van der Waals surface area contributed by atoms with Crippen LogP contribution in [0.3, 0.4) is 0 Å². The van der Waals surface area contributed by atoms with Crippen molar-refractivity contribution in [1.29, 1.82) is 0 Å².